The topological polar surface area (TPSA) is 116 Å². The lowest BCUT2D eigenvalue weighted by Crippen LogP contribution is -2.47. The zero-order chi connectivity index (χ0) is 19.4. The van der Waals surface area contributed by atoms with Crippen molar-refractivity contribution < 1.29 is 14.5 Å². The molecule has 1 aliphatic rings. The zero-order valence-corrected chi connectivity index (χ0v) is 15.3. The van der Waals surface area contributed by atoms with E-state index in [1.54, 1.807) is 21.9 Å². The number of anilines is 1. The molecule has 0 bridgehead atoms. The predicted molar refractivity (Wildman–Crippen MR) is 96.6 cm³/mol. The SMILES string of the molecule is CCC(C(=O)OC)N(c1nc(-n2ccnc2)ncc1[N+](=O)[O-])C1CCCC1. The molecule has 0 amide bonds. The Morgan fingerprint density at radius 3 is 2.78 bits per heavy atom. The van der Waals surface area contributed by atoms with Crippen LogP contribution in [0.4, 0.5) is 11.5 Å². The van der Waals surface area contributed by atoms with Gasteiger partial charge in [0.15, 0.2) is 0 Å². The highest BCUT2D eigenvalue weighted by Gasteiger charge is 2.38. The van der Waals surface area contributed by atoms with Crippen LogP contribution in [0.1, 0.15) is 39.0 Å². The summed E-state index contributed by atoms with van der Waals surface area (Å²) in [5.74, 6) is -0.0276. The second kappa shape index (κ2) is 8.11. The molecule has 27 heavy (non-hydrogen) atoms. The number of carbonyl (C=O) groups excluding carboxylic acids is 1. The minimum absolute atomic E-state index is 0.0155. The van der Waals surface area contributed by atoms with E-state index in [0.717, 1.165) is 25.7 Å². The van der Waals surface area contributed by atoms with Gasteiger partial charge < -0.3 is 9.64 Å². The summed E-state index contributed by atoms with van der Waals surface area (Å²) in [4.78, 5) is 37.8. The lowest BCUT2D eigenvalue weighted by atomic mass is 10.1. The molecule has 10 heteroatoms. The first-order chi connectivity index (χ1) is 13.1. The van der Waals surface area contributed by atoms with Crippen LogP contribution >= 0.6 is 0 Å². The second-order valence-corrected chi connectivity index (χ2v) is 6.40. The van der Waals surface area contributed by atoms with E-state index in [2.05, 4.69) is 15.0 Å². The average molecular weight is 374 g/mol. The van der Waals surface area contributed by atoms with E-state index in [1.165, 1.54) is 19.6 Å². The Morgan fingerprint density at radius 1 is 1.48 bits per heavy atom. The van der Waals surface area contributed by atoms with Gasteiger partial charge >= 0.3 is 11.7 Å². The number of ether oxygens (including phenoxy) is 1. The second-order valence-electron chi connectivity index (χ2n) is 6.40. The van der Waals surface area contributed by atoms with Crippen molar-refractivity contribution in [1.82, 2.24) is 19.5 Å². The predicted octanol–water partition coefficient (Wildman–Crippen LogP) is 2.27. The molecule has 1 unspecified atom stereocenters. The third-order valence-corrected chi connectivity index (χ3v) is 4.83. The van der Waals surface area contributed by atoms with Crippen molar-refractivity contribution in [3.05, 3.63) is 35.0 Å². The summed E-state index contributed by atoms with van der Waals surface area (Å²) in [7, 11) is 1.32. The third-order valence-electron chi connectivity index (χ3n) is 4.83. The number of hydrogen-bond acceptors (Lipinski definition) is 8. The molecule has 2 heterocycles. The summed E-state index contributed by atoms with van der Waals surface area (Å²) in [6.45, 7) is 1.85. The molecule has 1 fully saturated rings. The Balaban J connectivity index is 2.15. The highest BCUT2D eigenvalue weighted by Crippen LogP contribution is 2.35. The normalized spacial score (nSPS) is 15.5. The summed E-state index contributed by atoms with van der Waals surface area (Å²) >= 11 is 0. The molecule has 1 aliphatic carbocycles. The molecular weight excluding hydrogens is 352 g/mol. The number of aromatic nitrogens is 4. The van der Waals surface area contributed by atoms with Crippen molar-refractivity contribution in [3.8, 4) is 5.95 Å². The number of rotatable bonds is 7. The Kier molecular flexibility index (Phi) is 5.63. The average Bonchev–Trinajstić information content (AvgIpc) is 3.38. The third kappa shape index (κ3) is 3.74. The Hall–Kier alpha value is -3.04. The van der Waals surface area contributed by atoms with Crippen molar-refractivity contribution in [3.63, 3.8) is 0 Å². The molecule has 2 aromatic rings. The van der Waals surface area contributed by atoms with Crippen LogP contribution in [0.5, 0.6) is 0 Å². The molecule has 2 aromatic heterocycles. The maximum absolute atomic E-state index is 12.4. The highest BCUT2D eigenvalue weighted by molar-refractivity contribution is 5.81. The monoisotopic (exact) mass is 374 g/mol. The fourth-order valence-electron chi connectivity index (χ4n) is 3.55. The fourth-order valence-corrected chi connectivity index (χ4v) is 3.55. The minimum Gasteiger partial charge on any atom is -0.467 e. The van der Waals surface area contributed by atoms with Crippen molar-refractivity contribution in [2.75, 3.05) is 12.0 Å². The minimum atomic E-state index is -0.651. The molecule has 3 rings (SSSR count). The van der Waals surface area contributed by atoms with Gasteiger partial charge in [-0.2, -0.15) is 4.98 Å². The molecule has 0 N–H and O–H groups in total. The van der Waals surface area contributed by atoms with Crippen LogP contribution in [0, 0.1) is 10.1 Å². The number of esters is 1. The van der Waals surface area contributed by atoms with E-state index in [9.17, 15) is 14.9 Å². The van der Waals surface area contributed by atoms with Gasteiger partial charge in [-0.3, -0.25) is 14.7 Å². The van der Waals surface area contributed by atoms with Gasteiger partial charge in [0.1, 0.15) is 18.6 Å². The number of nitrogens with zero attached hydrogens (tertiary/aromatic N) is 6. The van der Waals surface area contributed by atoms with Gasteiger partial charge in [0.25, 0.3) is 0 Å². The van der Waals surface area contributed by atoms with Gasteiger partial charge in [-0.15, -0.1) is 0 Å². The van der Waals surface area contributed by atoms with E-state index in [0.29, 0.717) is 6.42 Å². The summed E-state index contributed by atoms with van der Waals surface area (Å²) in [6.07, 6.45) is 10.1. The number of carbonyl (C=O) groups is 1. The summed E-state index contributed by atoms with van der Waals surface area (Å²) < 4.78 is 6.53. The van der Waals surface area contributed by atoms with E-state index in [-0.39, 0.29) is 23.5 Å². The molecule has 0 aromatic carbocycles. The molecule has 0 radical (unpaired) electrons. The largest absolute Gasteiger partial charge is 0.467 e. The van der Waals surface area contributed by atoms with Crippen molar-refractivity contribution in [2.45, 2.75) is 51.1 Å². The van der Waals surface area contributed by atoms with Gasteiger partial charge in [-0.05, 0) is 19.3 Å². The van der Waals surface area contributed by atoms with E-state index in [1.807, 2.05) is 6.92 Å². The first kappa shape index (κ1) is 18.7. The van der Waals surface area contributed by atoms with Crippen molar-refractivity contribution >= 4 is 17.5 Å². The van der Waals surface area contributed by atoms with Crippen molar-refractivity contribution in [2.24, 2.45) is 0 Å². The molecule has 1 atom stereocenters. The zero-order valence-electron chi connectivity index (χ0n) is 15.3. The Bertz CT molecular complexity index is 804. The van der Waals surface area contributed by atoms with Gasteiger partial charge in [0.2, 0.25) is 11.8 Å². The van der Waals surface area contributed by atoms with Crippen LogP contribution in [-0.4, -0.2) is 49.6 Å². The van der Waals surface area contributed by atoms with Crippen LogP contribution in [0.3, 0.4) is 0 Å². The number of nitro groups is 1. The summed E-state index contributed by atoms with van der Waals surface area (Å²) in [5.41, 5.74) is -0.229. The fraction of sp³-hybridized carbons (Fsp3) is 0.529. The molecule has 0 aliphatic heterocycles. The Labute approximate surface area is 156 Å². The Morgan fingerprint density at radius 2 is 2.22 bits per heavy atom. The summed E-state index contributed by atoms with van der Waals surface area (Å²) in [5, 5.41) is 11.7. The first-order valence-corrected chi connectivity index (χ1v) is 8.92. The van der Waals surface area contributed by atoms with E-state index < -0.39 is 16.9 Å². The van der Waals surface area contributed by atoms with Crippen LogP contribution in [-0.2, 0) is 9.53 Å². The number of hydrogen-bond donors (Lipinski definition) is 0. The maximum atomic E-state index is 12.4. The highest BCUT2D eigenvalue weighted by atomic mass is 16.6. The molecule has 1 saturated carbocycles. The van der Waals surface area contributed by atoms with Crippen molar-refractivity contribution in [1.29, 1.82) is 0 Å². The van der Waals surface area contributed by atoms with Gasteiger partial charge in [-0.1, -0.05) is 19.8 Å². The first-order valence-electron chi connectivity index (χ1n) is 8.92. The quantitative estimate of drug-likeness (QED) is 0.412. The summed E-state index contributed by atoms with van der Waals surface area (Å²) in [6, 6.07) is -0.666. The molecule has 0 saturated heterocycles. The van der Waals surface area contributed by atoms with Crippen LogP contribution < -0.4 is 4.90 Å². The lowest BCUT2D eigenvalue weighted by Gasteiger charge is -2.35. The number of methoxy groups -OCH3 is 1. The maximum Gasteiger partial charge on any atom is 0.329 e. The standard InChI is InChI=1S/C17H22N6O4/c1-3-13(16(24)27-2)22(12-6-4-5-7-12)15-14(23(25)26)10-19-17(20-15)21-9-8-18-11-21/h8-13H,3-7H2,1-2H3. The van der Waals surface area contributed by atoms with Gasteiger partial charge in [0.05, 0.1) is 12.0 Å². The van der Waals surface area contributed by atoms with Crippen LogP contribution in [0.25, 0.3) is 5.95 Å². The van der Waals surface area contributed by atoms with Gasteiger partial charge in [-0.25, -0.2) is 14.8 Å². The number of imidazole rings is 1. The smallest absolute Gasteiger partial charge is 0.329 e. The molecular formula is C17H22N6O4. The van der Waals surface area contributed by atoms with E-state index >= 15 is 0 Å². The van der Waals surface area contributed by atoms with E-state index in [4.69, 9.17) is 4.74 Å². The lowest BCUT2D eigenvalue weighted by molar-refractivity contribution is -0.384. The molecule has 0 spiro atoms. The van der Waals surface area contributed by atoms with Crippen LogP contribution in [0.2, 0.25) is 0 Å². The molecule has 10 nitrogen and oxygen atoms in total. The molecule has 144 valence electrons. The van der Waals surface area contributed by atoms with Crippen LogP contribution in [0.15, 0.2) is 24.9 Å². The van der Waals surface area contributed by atoms with Gasteiger partial charge in [0, 0.05) is 18.4 Å².